The Kier molecular flexibility index (Phi) is 6.21. The Morgan fingerprint density at radius 2 is 2.14 bits per heavy atom. The van der Waals surface area contributed by atoms with Crippen molar-refractivity contribution in [2.75, 3.05) is 20.7 Å². The molecule has 2 rings (SSSR count). The third-order valence-electron chi connectivity index (χ3n) is 3.20. The Hall–Kier alpha value is -2.08. The first-order valence-corrected chi connectivity index (χ1v) is 8.08. The summed E-state index contributed by atoms with van der Waals surface area (Å²) < 4.78 is 5.35. The summed E-state index contributed by atoms with van der Waals surface area (Å²) in [4.78, 5) is 8.68. The van der Waals surface area contributed by atoms with Gasteiger partial charge in [0.15, 0.2) is 5.96 Å². The predicted octanol–water partition coefficient (Wildman–Crippen LogP) is 2.37. The molecule has 1 aromatic heterocycles. The molecule has 0 atom stereocenters. The number of rotatable bonds is 6. The predicted molar refractivity (Wildman–Crippen MR) is 91.8 cm³/mol. The van der Waals surface area contributed by atoms with Gasteiger partial charge in [-0.1, -0.05) is 18.2 Å². The Morgan fingerprint density at radius 1 is 1.32 bits per heavy atom. The lowest BCUT2D eigenvalue weighted by atomic mass is 10.2. The molecule has 22 heavy (non-hydrogen) atoms. The van der Waals surface area contributed by atoms with Crippen LogP contribution in [-0.2, 0) is 13.0 Å². The first kappa shape index (κ1) is 16.3. The molecule has 0 aliphatic carbocycles. The third kappa shape index (κ3) is 4.73. The van der Waals surface area contributed by atoms with Crippen molar-refractivity contribution < 1.29 is 4.74 Å². The summed E-state index contributed by atoms with van der Waals surface area (Å²) in [7, 11) is 3.45. The van der Waals surface area contributed by atoms with Crippen LogP contribution in [-0.4, -0.2) is 31.6 Å². The summed E-state index contributed by atoms with van der Waals surface area (Å²) >= 11 is 1.68. The van der Waals surface area contributed by atoms with Crippen molar-refractivity contribution in [2.45, 2.75) is 19.9 Å². The van der Waals surface area contributed by atoms with E-state index in [0.717, 1.165) is 40.9 Å². The highest BCUT2D eigenvalue weighted by Crippen LogP contribution is 2.16. The lowest BCUT2D eigenvalue weighted by molar-refractivity contribution is 0.409. The van der Waals surface area contributed by atoms with E-state index in [-0.39, 0.29) is 0 Å². The molecule has 0 aliphatic rings. The SMILES string of the molecule is CN=C(NCCc1csc(C)n1)NCc1ccccc1OC. The zero-order valence-electron chi connectivity index (χ0n) is 13.2. The van der Waals surface area contributed by atoms with Gasteiger partial charge in [0.2, 0.25) is 0 Å². The van der Waals surface area contributed by atoms with Gasteiger partial charge in [-0.25, -0.2) is 4.98 Å². The van der Waals surface area contributed by atoms with Crippen LogP contribution < -0.4 is 15.4 Å². The zero-order chi connectivity index (χ0) is 15.8. The van der Waals surface area contributed by atoms with Crippen LogP contribution in [0.1, 0.15) is 16.3 Å². The van der Waals surface area contributed by atoms with Crippen LogP contribution in [0, 0.1) is 6.92 Å². The number of benzene rings is 1. The second-order valence-electron chi connectivity index (χ2n) is 4.77. The fourth-order valence-corrected chi connectivity index (χ4v) is 2.73. The average molecular weight is 318 g/mol. The van der Waals surface area contributed by atoms with Crippen molar-refractivity contribution in [1.29, 1.82) is 0 Å². The molecule has 0 saturated heterocycles. The summed E-state index contributed by atoms with van der Waals surface area (Å²) in [5.41, 5.74) is 2.22. The number of hydrogen-bond donors (Lipinski definition) is 2. The molecule has 0 aliphatic heterocycles. The largest absolute Gasteiger partial charge is 0.496 e. The minimum Gasteiger partial charge on any atom is -0.496 e. The molecule has 2 aromatic rings. The van der Waals surface area contributed by atoms with Gasteiger partial charge in [-0.15, -0.1) is 11.3 Å². The van der Waals surface area contributed by atoms with Gasteiger partial charge in [-0.3, -0.25) is 4.99 Å². The Morgan fingerprint density at radius 3 is 2.82 bits per heavy atom. The molecule has 0 bridgehead atoms. The van der Waals surface area contributed by atoms with Crippen molar-refractivity contribution in [2.24, 2.45) is 4.99 Å². The highest BCUT2D eigenvalue weighted by molar-refractivity contribution is 7.09. The Balaban J connectivity index is 1.80. The fourth-order valence-electron chi connectivity index (χ4n) is 2.08. The second kappa shape index (κ2) is 8.38. The maximum atomic E-state index is 5.35. The van der Waals surface area contributed by atoms with Crippen molar-refractivity contribution in [3.8, 4) is 5.75 Å². The molecular weight excluding hydrogens is 296 g/mol. The molecular formula is C16H22N4OS. The van der Waals surface area contributed by atoms with E-state index >= 15 is 0 Å². The molecule has 0 radical (unpaired) electrons. The number of para-hydroxylation sites is 1. The van der Waals surface area contributed by atoms with E-state index in [4.69, 9.17) is 4.74 Å². The van der Waals surface area contributed by atoms with Gasteiger partial charge in [0.25, 0.3) is 0 Å². The third-order valence-corrected chi connectivity index (χ3v) is 4.02. The number of nitrogens with one attached hydrogen (secondary N) is 2. The van der Waals surface area contributed by atoms with Crippen LogP contribution in [0.5, 0.6) is 5.75 Å². The fraction of sp³-hybridized carbons (Fsp3) is 0.375. The molecule has 0 amide bonds. The van der Waals surface area contributed by atoms with E-state index in [0.29, 0.717) is 6.54 Å². The number of nitrogens with zero attached hydrogens (tertiary/aromatic N) is 2. The van der Waals surface area contributed by atoms with Gasteiger partial charge >= 0.3 is 0 Å². The Bertz CT molecular complexity index is 624. The molecule has 0 unspecified atom stereocenters. The van der Waals surface area contributed by atoms with Gasteiger partial charge in [-0.05, 0) is 13.0 Å². The van der Waals surface area contributed by atoms with Crippen LogP contribution in [0.3, 0.4) is 0 Å². The maximum absolute atomic E-state index is 5.35. The van der Waals surface area contributed by atoms with E-state index < -0.39 is 0 Å². The highest BCUT2D eigenvalue weighted by atomic mass is 32.1. The van der Waals surface area contributed by atoms with E-state index in [1.54, 1.807) is 25.5 Å². The van der Waals surface area contributed by atoms with E-state index in [2.05, 4.69) is 26.0 Å². The number of ether oxygens (including phenoxy) is 1. The van der Waals surface area contributed by atoms with Crippen LogP contribution in [0.25, 0.3) is 0 Å². The number of methoxy groups -OCH3 is 1. The van der Waals surface area contributed by atoms with Gasteiger partial charge in [0.05, 0.1) is 17.8 Å². The number of guanidine groups is 1. The van der Waals surface area contributed by atoms with Crippen molar-refractivity contribution in [1.82, 2.24) is 15.6 Å². The zero-order valence-corrected chi connectivity index (χ0v) is 14.0. The molecule has 118 valence electrons. The second-order valence-corrected chi connectivity index (χ2v) is 5.83. The summed E-state index contributed by atoms with van der Waals surface area (Å²) in [6.07, 6.45) is 0.889. The van der Waals surface area contributed by atoms with E-state index in [1.165, 1.54) is 0 Å². The van der Waals surface area contributed by atoms with Crippen LogP contribution in [0.15, 0.2) is 34.6 Å². The molecule has 2 N–H and O–H groups in total. The first-order valence-electron chi connectivity index (χ1n) is 7.20. The van der Waals surface area contributed by atoms with Crippen molar-refractivity contribution >= 4 is 17.3 Å². The minimum atomic E-state index is 0.666. The molecule has 1 aromatic carbocycles. The smallest absolute Gasteiger partial charge is 0.191 e. The minimum absolute atomic E-state index is 0.666. The standard InChI is InChI=1S/C16H22N4OS/c1-12-20-14(11-22-12)8-9-18-16(17-2)19-10-13-6-4-5-7-15(13)21-3/h4-7,11H,8-10H2,1-3H3,(H2,17,18,19). The highest BCUT2D eigenvalue weighted by Gasteiger charge is 2.04. The maximum Gasteiger partial charge on any atom is 0.191 e. The van der Waals surface area contributed by atoms with E-state index in [1.807, 2.05) is 31.2 Å². The van der Waals surface area contributed by atoms with Gasteiger partial charge in [0, 0.05) is 37.5 Å². The number of aryl methyl sites for hydroxylation is 1. The van der Waals surface area contributed by atoms with E-state index in [9.17, 15) is 0 Å². The lowest BCUT2D eigenvalue weighted by Gasteiger charge is -2.13. The lowest BCUT2D eigenvalue weighted by Crippen LogP contribution is -2.37. The molecule has 6 heteroatoms. The summed E-state index contributed by atoms with van der Waals surface area (Å²) in [5.74, 6) is 1.65. The van der Waals surface area contributed by atoms with Crippen LogP contribution >= 0.6 is 11.3 Å². The number of thiazole rings is 1. The average Bonchev–Trinajstić information content (AvgIpc) is 2.96. The van der Waals surface area contributed by atoms with Crippen LogP contribution in [0.4, 0.5) is 0 Å². The summed E-state index contributed by atoms with van der Waals surface area (Å²) in [6.45, 7) is 3.49. The molecule has 0 spiro atoms. The van der Waals surface area contributed by atoms with Gasteiger partial charge < -0.3 is 15.4 Å². The van der Waals surface area contributed by atoms with Gasteiger partial charge in [-0.2, -0.15) is 0 Å². The first-order chi connectivity index (χ1) is 10.7. The number of hydrogen-bond acceptors (Lipinski definition) is 4. The molecule has 0 saturated carbocycles. The quantitative estimate of drug-likeness (QED) is 0.634. The van der Waals surface area contributed by atoms with Crippen LogP contribution in [0.2, 0.25) is 0 Å². The molecule has 0 fully saturated rings. The summed E-state index contributed by atoms with van der Waals surface area (Å²) in [6, 6.07) is 7.96. The Labute approximate surface area is 135 Å². The molecule has 5 nitrogen and oxygen atoms in total. The van der Waals surface area contributed by atoms with Crippen molar-refractivity contribution in [3.05, 3.63) is 45.9 Å². The summed E-state index contributed by atoms with van der Waals surface area (Å²) in [5, 5.41) is 9.80. The van der Waals surface area contributed by atoms with Gasteiger partial charge in [0.1, 0.15) is 5.75 Å². The normalized spacial score (nSPS) is 11.3. The number of aliphatic imine (C=N–C) groups is 1. The topological polar surface area (TPSA) is 58.5 Å². The monoisotopic (exact) mass is 318 g/mol. The number of aromatic nitrogens is 1. The molecule has 1 heterocycles. The van der Waals surface area contributed by atoms with Crippen molar-refractivity contribution in [3.63, 3.8) is 0 Å².